The van der Waals surface area contributed by atoms with Gasteiger partial charge >= 0.3 is 5.92 Å². The molecule has 0 heterocycles. The van der Waals surface area contributed by atoms with Crippen LogP contribution in [0.25, 0.3) is 0 Å². The summed E-state index contributed by atoms with van der Waals surface area (Å²) in [7, 11) is 1.28. The summed E-state index contributed by atoms with van der Waals surface area (Å²) in [5.74, 6) is -4.63. The molecule has 0 radical (unpaired) electrons. The summed E-state index contributed by atoms with van der Waals surface area (Å²) in [5.41, 5.74) is -0.526. The van der Waals surface area contributed by atoms with Gasteiger partial charge in [0, 0.05) is 5.56 Å². The molecule has 1 atom stereocenters. The van der Waals surface area contributed by atoms with Crippen LogP contribution >= 0.6 is 11.6 Å². The van der Waals surface area contributed by atoms with E-state index in [0.717, 1.165) is 19.1 Å². The first-order chi connectivity index (χ1) is 7.80. The summed E-state index contributed by atoms with van der Waals surface area (Å²) < 4.78 is 32.1. The van der Waals surface area contributed by atoms with Crippen LogP contribution in [0.15, 0.2) is 18.2 Å². The van der Waals surface area contributed by atoms with E-state index in [1.807, 2.05) is 0 Å². The van der Waals surface area contributed by atoms with E-state index in [1.54, 1.807) is 0 Å². The number of benzene rings is 1. The Morgan fingerprint density at radius 1 is 1.53 bits per heavy atom. The number of hydrogen-bond donors (Lipinski definition) is 1. The quantitative estimate of drug-likeness (QED) is 0.908. The van der Waals surface area contributed by atoms with Crippen LogP contribution in [0.1, 0.15) is 12.5 Å². The number of carbonyl (C=O) groups excluding carboxylic acids is 1. The van der Waals surface area contributed by atoms with E-state index in [-0.39, 0.29) is 10.8 Å². The van der Waals surface area contributed by atoms with Gasteiger partial charge in [-0.2, -0.15) is 8.78 Å². The maximum Gasteiger partial charge on any atom is 0.305 e. The Morgan fingerprint density at radius 3 is 2.59 bits per heavy atom. The van der Waals surface area contributed by atoms with Crippen LogP contribution in [-0.4, -0.2) is 24.1 Å². The highest BCUT2D eigenvalue weighted by Gasteiger charge is 2.43. The first-order valence-electron chi connectivity index (χ1n) is 4.71. The van der Waals surface area contributed by atoms with E-state index in [1.165, 1.54) is 13.2 Å². The van der Waals surface area contributed by atoms with E-state index in [2.05, 4.69) is 0 Å². The molecular formula is C11H11ClF2O3. The van der Waals surface area contributed by atoms with Crippen LogP contribution in [0, 0.1) is 0 Å². The largest absolute Gasteiger partial charge is 0.495 e. The third kappa shape index (κ3) is 2.73. The van der Waals surface area contributed by atoms with Crippen molar-refractivity contribution >= 4 is 17.4 Å². The molecule has 94 valence electrons. The van der Waals surface area contributed by atoms with Crippen molar-refractivity contribution < 1.29 is 23.4 Å². The molecule has 0 fully saturated rings. The third-order valence-corrected chi connectivity index (χ3v) is 2.58. The second-order valence-corrected chi connectivity index (χ2v) is 3.89. The molecule has 3 nitrogen and oxygen atoms in total. The normalized spacial score (nSPS) is 13.3. The summed E-state index contributed by atoms with van der Waals surface area (Å²) in [6.07, 6.45) is -2.38. The van der Waals surface area contributed by atoms with Crippen molar-refractivity contribution in [3.8, 4) is 5.75 Å². The number of rotatable bonds is 4. The van der Waals surface area contributed by atoms with Gasteiger partial charge in [-0.25, -0.2) is 0 Å². The van der Waals surface area contributed by atoms with Crippen molar-refractivity contribution in [3.05, 3.63) is 28.8 Å². The molecule has 0 aromatic heterocycles. The smallest absolute Gasteiger partial charge is 0.305 e. The highest BCUT2D eigenvalue weighted by molar-refractivity contribution is 6.32. The van der Waals surface area contributed by atoms with Gasteiger partial charge in [0.25, 0.3) is 0 Å². The minimum absolute atomic E-state index is 0.0552. The SMILES string of the molecule is COc1cc(C(F)(F)C(O)C(C)=O)ccc1Cl. The van der Waals surface area contributed by atoms with Gasteiger partial charge in [-0.1, -0.05) is 17.7 Å². The highest BCUT2D eigenvalue weighted by Crippen LogP contribution is 2.36. The number of methoxy groups -OCH3 is 1. The summed E-state index contributed by atoms with van der Waals surface area (Å²) in [6.45, 7) is 0.895. The Kier molecular flexibility index (Phi) is 4.06. The predicted octanol–water partition coefficient (Wildman–Crippen LogP) is 2.39. The van der Waals surface area contributed by atoms with E-state index < -0.39 is 23.4 Å². The Morgan fingerprint density at radius 2 is 2.12 bits per heavy atom. The molecule has 6 heteroatoms. The monoisotopic (exact) mass is 264 g/mol. The lowest BCUT2D eigenvalue weighted by molar-refractivity contribution is -0.152. The van der Waals surface area contributed by atoms with Gasteiger partial charge in [0.1, 0.15) is 5.75 Å². The maximum absolute atomic E-state index is 13.7. The molecule has 0 amide bonds. The molecule has 0 spiro atoms. The molecule has 0 saturated heterocycles. The molecule has 1 aromatic rings. The number of ketones is 1. The van der Waals surface area contributed by atoms with Gasteiger partial charge in [0.05, 0.1) is 12.1 Å². The molecule has 0 aliphatic rings. The van der Waals surface area contributed by atoms with Crippen molar-refractivity contribution in [3.63, 3.8) is 0 Å². The van der Waals surface area contributed by atoms with Gasteiger partial charge in [0.15, 0.2) is 11.9 Å². The summed E-state index contributed by atoms with van der Waals surface area (Å²) >= 11 is 5.69. The Hall–Kier alpha value is -1.20. The molecule has 1 unspecified atom stereocenters. The van der Waals surface area contributed by atoms with E-state index >= 15 is 0 Å². The number of aliphatic hydroxyl groups excluding tert-OH is 1. The first kappa shape index (κ1) is 13.9. The van der Waals surface area contributed by atoms with Crippen LogP contribution in [-0.2, 0) is 10.7 Å². The Bertz CT molecular complexity index is 435. The van der Waals surface area contributed by atoms with Gasteiger partial charge in [0.2, 0.25) is 0 Å². The fourth-order valence-electron chi connectivity index (χ4n) is 1.28. The zero-order valence-electron chi connectivity index (χ0n) is 9.21. The minimum Gasteiger partial charge on any atom is -0.495 e. The Labute approximate surface area is 102 Å². The Balaban J connectivity index is 3.19. The maximum atomic E-state index is 13.7. The van der Waals surface area contributed by atoms with Crippen LogP contribution in [0.4, 0.5) is 8.78 Å². The fourth-order valence-corrected chi connectivity index (χ4v) is 1.47. The molecule has 17 heavy (non-hydrogen) atoms. The standard InChI is InChI=1S/C11H11ClF2O3/c1-6(15)10(16)11(13,14)7-3-4-8(12)9(5-7)17-2/h3-5,10,16H,1-2H3. The van der Waals surface area contributed by atoms with Crippen LogP contribution in [0.3, 0.4) is 0 Å². The number of halogens is 3. The van der Waals surface area contributed by atoms with Crippen LogP contribution < -0.4 is 4.74 Å². The molecule has 0 saturated carbocycles. The number of carbonyl (C=O) groups is 1. The molecule has 1 aromatic carbocycles. The van der Waals surface area contributed by atoms with Gasteiger partial charge in [-0.15, -0.1) is 0 Å². The number of alkyl halides is 2. The van der Waals surface area contributed by atoms with Crippen LogP contribution in [0.5, 0.6) is 5.75 Å². The second kappa shape index (κ2) is 4.98. The molecular weight excluding hydrogens is 254 g/mol. The summed E-state index contributed by atoms with van der Waals surface area (Å²) in [5, 5.41) is 9.34. The van der Waals surface area contributed by atoms with Crippen LogP contribution in [0.2, 0.25) is 5.02 Å². The average molecular weight is 265 g/mol. The third-order valence-electron chi connectivity index (χ3n) is 2.26. The van der Waals surface area contributed by atoms with E-state index in [4.69, 9.17) is 21.4 Å². The predicted molar refractivity (Wildman–Crippen MR) is 58.6 cm³/mol. The molecule has 0 bridgehead atoms. The lowest BCUT2D eigenvalue weighted by atomic mass is 10.0. The molecule has 0 aliphatic carbocycles. The van der Waals surface area contributed by atoms with Crippen molar-refractivity contribution in [2.24, 2.45) is 0 Å². The van der Waals surface area contributed by atoms with E-state index in [9.17, 15) is 13.6 Å². The van der Waals surface area contributed by atoms with E-state index in [0.29, 0.717) is 0 Å². The highest BCUT2D eigenvalue weighted by atomic mass is 35.5. The topological polar surface area (TPSA) is 46.5 Å². The lowest BCUT2D eigenvalue weighted by Crippen LogP contribution is -2.36. The number of aliphatic hydroxyl groups is 1. The zero-order chi connectivity index (χ0) is 13.2. The molecule has 1 N–H and O–H groups in total. The molecule has 1 rings (SSSR count). The van der Waals surface area contributed by atoms with Gasteiger partial charge in [-0.3, -0.25) is 4.79 Å². The summed E-state index contributed by atoms with van der Waals surface area (Å²) in [6, 6.07) is 3.25. The van der Waals surface area contributed by atoms with Gasteiger partial charge < -0.3 is 9.84 Å². The number of hydrogen-bond acceptors (Lipinski definition) is 3. The van der Waals surface area contributed by atoms with Crippen molar-refractivity contribution in [2.75, 3.05) is 7.11 Å². The first-order valence-corrected chi connectivity index (χ1v) is 5.08. The minimum atomic E-state index is -3.68. The number of Topliss-reactive ketones (excluding diaryl/α,β-unsaturated/α-hetero) is 1. The van der Waals surface area contributed by atoms with Gasteiger partial charge in [-0.05, 0) is 19.1 Å². The number of ether oxygens (including phenoxy) is 1. The van der Waals surface area contributed by atoms with Crippen molar-refractivity contribution in [1.82, 2.24) is 0 Å². The second-order valence-electron chi connectivity index (χ2n) is 3.49. The average Bonchev–Trinajstić information content (AvgIpc) is 2.28. The summed E-state index contributed by atoms with van der Waals surface area (Å²) in [4.78, 5) is 10.8. The van der Waals surface area contributed by atoms with Crippen molar-refractivity contribution in [1.29, 1.82) is 0 Å². The zero-order valence-corrected chi connectivity index (χ0v) is 9.96. The molecule has 0 aliphatic heterocycles. The van der Waals surface area contributed by atoms with Crippen molar-refractivity contribution in [2.45, 2.75) is 19.0 Å². The lowest BCUT2D eigenvalue weighted by Gasteiger charge is -2.21. The fraction of sp³-hybridized carbons (Fsp3) is 0.364.